The van der Waals surface area contributed by atoms with E-state index in [1.165, 1.54) is 18.6 Å². The van der Waals surface area contributed by atoms with Crippen LogP contribution < -0.4 is 10.5 Å². The van der Waals surface area contributed by atoms with Gasteiger partial charge in [-0.1, -0.05) is 6.07 Å². The molecule has 7 heteroatoms. The second-order valence-electron chi connectivity index (χ2n) is 3.93. The molecule has 0 aliphatic rings. The monoisotopic (exact) mass is 344 g/mol. The summed E-state index contributed by atoms with van der Waals surface area (Å²) in [6.45, 7) is 0.547. The van der Waals surface area contributed by atoms with Crippen LogP contribution >= 0.6 is 15.9 Å². The Morgan fingerprint density at radius 1 is 1.26 bits per heavy atom. The second-order valence-corrected chi connectivity index (χ2v) is 6.51. The van der Waals surface area contributed by atoms with Gasteiger partial charge in [0.1, 0.15) is 0 Å². The predicted octanol–water partition coefficient (Wildman–Crippen LogP) is 1.98. The predicted molar refractivity (Wildman–Crippen MR) is 74.8 cm³/mol. The van der Waals surface area contributed by atoms with Gasteiger partial charge < -0.3 is 10.2 Å². The van der Waals surface area contributed by atoms with E-state index in [0.717, 1.165) is 11.1 Å². The van der Waals surface area contributed by atoms with Gasteiger partial charge in [0, 0.05) is 23.1 Å². The van der Waals surface area contributed by atoms with Crippen molar-refractivity contribution < 1.29 is 12.8 Å². The summed E-state index contributed by atoms with van der Waals surface area (Å²) >= 11 is 3.25. The fourth-order valence-electron chi connectivity index (χ4n) is 1.54. The van der Waals surface area contributed by atoms with Crippen LogP contribution in [0.1, 0.15) is 11.1 Å². The summed E-state index contributed by atoms with van der Waals surface area (Å²) in [5.41, 5.74) is 7.13. The van der Waals surface area contributed by atoms with Crippen molar-refractivity contribution in [3.63, 3.8) is 0 Å². The van der Waals surface area contributed by atoms with Gasteiger partial charge in [0.05, 0.1) is 17.4 Å². The third kappa shape index (κ3) is 3.44. The van der Waals surface area contributed by atoms with E-state index in [2.05, 4.69) is 20.7 Å². The van der Waals surface area contributed by atoms with Crippen LogP contribution in [0.2, 0.25) is 0 Å². The minimum Gasteiger partial charge on any atom is -0.472 e. The molecule has 5 nitrogen and oxygen atoms in total. The Kier molecular flexibility index (Phi) is 4.41. The van der Waals surface area contributed by atoms with Gasteiger partial charge in [0.25, 0.3) is 0 Å². The van der Waals surface area contributed by atoms with Crippen LogP contribution in [0.3, 0.4) is 0 Å². The first-order chi connectivity index (χ1) is 9.03. The molecule has 2 rings (SSSR count). The van der Waals surface area contributed by atoms with Crippen LogP contribution in [0.4, 0.5) is 0 Å². The van der Waals surface area contributed by atoms with E-state index in [9.17, 15) is 8.42 Å². The second kappa shape index (κ2) is 5.87. The van der Waals surface area contributed by atoms with E-state index < -0.39 is 10.0 Å². The molecule has 0 atom stereocenters. The van der Waals surface area contributed by atoms with Crippen molar-refractivity contribution in [3.05, 3.63) is 52.4 Å². The summed E-state index contributed by atoms with van der Waals surface area (Å²) in [6, 6.07) is 6.63. The summed E-state index contributed by atoms with van der Waals surface area (Å²) in [5.74, 6) is 0. The zero-order valence-electron chi connectivity index (χ0n) is 9.97. The number of furan rings is 1. The smallest absolute Gasteiger partial charge is 0.241 e. The number of halogens is 1. The van der Waals surface area contributed by atoms with E-state index >= 15 is 0 Å². The SMILES string of the molecule is NCc1ccc(S(=O)(=O)NCc2ccoc2)c(Br)c1. The summed E-state index contributed by atoms with van der Waals surface area (Å²) in [6.07, 6.45) is 2.99. The average molecular weight is 345 g/mol. The van der Waals surface area contributed by atoms with E-state index in [1.807, 2.05) is 0 Å². The topological polar surface area (TPSA) is 85.3 Å². The van der Waals surface area contributed by atoms with Gasteiger partial charge in [0.15, 0.2) is 0 Å². The van der Waals surface area contributed by atoms with Gasteiger partial charge >= 0.3 is 0 Å². The highest BCUT2D eigenvalue weighted by atomic mass is 79.9. The number of nitrogens with two attached hydrogens (primary N) is 1. The molecule has 0 saturated heterocycles. The molecule has 0 unspecified atom stereocenters. The molecule has 2 aromatic rings. The number of hydrogen-bond acceptors (Lipinski definition) is 4. The summed E-state index contributed by atoms with van der Waals surface area (Å²) < 4.78 is 32.2. The number of nitrogens with one attached hydrogen (secondary N) is 1. The molecule has 0 fully saturated rings. The first kappa shape index (κ1) is 14.3. The molecule has 0 spiro atoms. The summed E-state index contributed by atoms with van der Waals surface area (Å²) in [5, 5.41) is 0. The van der Waals surface area contributed by atoms with Crippen LogP contribution in [0, 0.1) is 0 Å². The van der Waals surface area contributed by atoms with Crippen molar-refractivity contribution in [2.24, 2.45) is 5.73 Å². The normalized spacial score (nSPS) is 11.7. The third-order valence-corrected chi connectivity index (χ3v) is 4.95. The highest BCUT2D eigenvalue weighted by Gasteiger charge is 2.17. The van der Waals surface area contributed by atoms with Crippen molar-refractivity contribution >= 4 is 26.0 Å². The van der Waals surface area contributed by atoms with Crippen molar-refractivity contribution in [1.29, 1.82) is 0 Å². The molecule has 1 aromatic heterocycles. The third-order valence-electron chi connectivity index (χ3n) is 2.57. The highest BCUT2D eigenvalue weighted by molar-refractivity contribution is 9.10. The Morgan fingerprint density at radius 2 is 2.05 bits per heavy atom. The van der Waals surface area contributed by atoms with Crippen molar-refractivity contribution in [1.82, 2.24) is 4.72 Å². The Bertz CT molecular complexity index is 654. The molecule has 0 bridgehead atoms. The molecule has 102 valence electrons. The lowest BCUT2D eigenvalue weighted by Gasteiger charge is -2.08. The average Bonchev–Trinajstić information content (AvgIpc) is 2.89. The van der Waals surface area contributed by atoms with Gasteiger partial charge in [-0.25, -0.2) is 13.1 Å². The lowest BCUT2D eigenvalue weighted by molar-refractivity contribution is 0.561. The molecular formula is C12H13BrN2O3S. The molecule has 0 aliphatic heterocycles. The molecule has 19 heavy (non-hydrogen) atoms. The zero-order valence-corrected chi connectivity index (χ0v) is 12.4. The largest absolute Gasteiger partial charge is 0.472 e. The first-order valence-electron chi connectivity index (χ1n) is 5.52. The Labute approximate surface area is 120 Å². The fraction of sp³-hybridized carbons (Fsp3) is 0.167. The van der Waals surface area contributed by atoms with Crippen LogP contribution in [0.5, 0.6) is 0 Å². The number of benzene rings is 1. The molecule has 0 saturated carbocycles. The Morgan fingerprint density at radius 3 is 2.63 bits per heavy atom. The van der Waals surface area contributed by atoms with Crippen molar-refractivity contribution in [2.75, 3.05) is 0 Å². The van der Waals surface area contributed by atoms with Gasteiger partial charge in [-0.2, -0.15) is 0 Å². The number of sulfonamides is 1. The van der Waals surface area contributed by atoms with Crippen LogP contribution in [0.15, 0.2) is 50.6 Å². The summed E-state index contributed by atoms with van der Waals surface area (Å²) in [7, 11) is -3.57. The zero-order chi connectivity index (χ0) is 13.9. The van der Waals surface area contributed by atoms with Gasteiger partial charge in [-0.15, -0.1) is 0 Å². The lowest BCUT2D eigenvalue weighted by Crippen LogP contribution is -2.23. The molecule has 1 aromatic carbocycles. The molecular weight excluding hydrogens is 332 g/mol. The maximum atomic E-state index is 12.1. The van der Waals surface area contributed by atoms with E-state index in [1.54, 1.807) is 18.2 Å². The molecule has 1 heterocycles. The maximum Gasteiger partial charge on any atom is 0.241 e. The van der Waals surface area contributed by atoms with Gasteiger partial charge in [-0.3, -0.25) is 0 Å². The minimum atomic E-state index is -3.57. The molecule has 0 amide bonds. The number of hydrogen-bond donors (Lipinski definition) is 2. The van der Waals surface area contributed by atoms with Gasteiger partial charge in [-0.05, 0) is 39.7 Å². The van der Waals surface area contributed by atoms with Crippen molar-refractivity contribution in [2.45, 2.75) is 18.0 Å². The van der Waals surface area contributed by atoms with Gasteiger partial charge in [0.2, 0.25) is 10.0 Å². The number of rotatable bonds is 5. The van der Waals surface area contributed by atoms with E-state index in [0.29, 0.717) is 11.0 Å². The summed E-state index contributed by atoms with van der Waals surface area (Å²) in [4.78, 5) is 0.188. The van der Waals surface area contributed by atoms with E-state index in [-0.39, 0.29) is 11.4 Å². The Hall–Kier alpha value is -1.15. The van der Waals surface area contributed by atoms with Crippen molar-refractivity contribution in [3.8, 4) is 0 Å². The van der Waals surface area contributed by atoms with Crippen LogP contribution in [0.25, 0.3) is 0 Å². The minimum absolute atomic E-state index is 0.184. The van der Waals surface area contributed by atoms with Crippen LogP contribution in [-0.2, 0) is 23.1 Å². The first-order valence-corrected chi connectivity index (χ1v) is 7.80. The standard InChI is InChI=1S/C12H13BrN2O3S/c13-11-5-9(6-14)1-2-12(11)19(16,17)15-7-10-3-4-18-8-10/h1-5,8,15H,6-7,14H2. The van der Waals surface area contributed by atoms with Crippen LogP contribution in [-0.4, -0.2) is 8.42 Å². The molecule has 0 radical (unpaired) electrons. The lowest BCUT2D eigenvalue weighted by atomic mass is 10.2. The fourth-order valence-corrected chi connectivity index (χ4v) is 3.68. The quantitative estimate of drug-likeness (QED) is 0.868. The molecule has 3 N–H and O–H groups in total. The Balaban J connectivity index is 2.19. The van der Waals surface area contributed by atoms with E-state index in [4.69, 9.17) is 10.2 Å². The highest BCUT2D eigenvalue weighted by Crippen LogP contribution is 2.23. The maximum absolute atomic E-state index is 12.1. The molecule has 0 aliphatic carbocycles.